The maximum Gasteiger partial charge on any atom is 0.488 e. The number of hydrogen-bond acceptors (Lipinski definition) is 10. The van der Waals surface area contributed by atoms with Gasteiger partial charge in [-0.25, -0.2) is 19.6 Å². The zero-order valence-electron chi connectivity index (χ0n) is 70.2. The van der Waals surface area contributed by atoms with Gasteiger partial charge in [0.1, 0.15) is 4.60 Å². The molecule has 0 aliphatic carbocycles. The molecule has 0 aliphatic heterocycles. The molecule has 0 amide bonds. The van der Waals surface area contributed by atoms with Crippen LogP contribution < -0.4 is 80.6 Å². The number of carbonyl (C=O) groups excluding carboxylic acids is 2. The summed E-state index contributed by atoms with van der Waals surface area (Å²) in [6.07, 6.45) is -3.36. The third-order valence-electron chi connectivity index (χ3n) is 18.4. The van der Waals surface area contributed by atoms with E-state index in [1.165, 1.54) is 100 Å². The van der Waals surface area contributed by atoms with Gasteiger partial charge in [-0.2, -0.15) is 26.3 Å². The molecule has 23 heteroatoms. The Morgan fingerprint density at radius 3 is 0.744 bits per heavy atom. The molecule has 2 aromatic heterocycles. The van der Waals surface area contributed by atoms with Gasteiger partial charge in [0.25, 0.3) is 0 Å². The number of ether oxygens (including phenoxy) is 2. The molecule has 129 heavy (non-hydrogen) atoms. The van der Waals surface area contributed by atoms with Gasteiger partial charge in [0, 0.05) is 38.1 Å². The molecule has 0 bridgehead atoms. The van der Waals surface area contributed by atoms with Crippen molar-refractivity contribution in [3.05, 3.63) is 476 Å². The topological polar surface area (TPSA) is 171 Å². The van der Waals surface area contributed by atoms with Gasteiger partial charge < -0.3 is 31.0 Å². The van der Waals surface area contributed by atoms with Crippen LogP contribution in [0.2, 0.25) is 0 Å². The fraction of sp³-hybridized carbons (Fsp3) is 0.0566. The number of nitrogen functional groups attached to an aromatic ring is 2. The van der Waals surface area contributed by atoms with Gasteiger partial charge in [0.05, 0.1) is 52.8 Å². The molecule has 0 spiro atoms. The number of halogens is 7. The molecule has 0 unspecified atom stereocenters. The Kier molecular flexibility index (Phi) is 41.8. The number of pyridine rings is 2. The average Bonchev–Trinajstić information content (AvgIpc) is 0.822. The largest absolute Gasteiger partial charge is 0.488 e. The van der Waals surface area contributed by atoms with Crippen LogP contribution in [-0.2, 0) is 51.8 Å². The molecule has 654 valence electrons. The Bertz CT molecular complexity index is 5140. The number of hydrogen-bond donors (Lipinski definition) is 4. The molecule has 0 saturated heterocycles. The van der Waals surface area contributed by atoms with E-state index in [9.17, 15) is 35.9 Å². The summed E-state index contributed by atoms with van der Waals surface area (Å²) >= 11 is 3.22. The van der Waals surface area contributed by atoms with E-state index in [0.717, 1.165) is 36.4 Å². The summed E-state index contributed by atoms with van der Waals surface area (Å²) in [5.74, 6) is -0.933. The van der Waals surface area contributed by atoms with Crippen molar-refractivity contribution >= 4 is 159 Å². The average molecular weight is 1950 g/mol. The third kappa shape index (κ3) is 32.8. The zero-order chi connectivity index (χ0) is 90.7. The molecule has 6 N–H and O–H groups in total. The van der Waals surface area contributed by atoms with E-state index in [0.29, 0.717) is 45.2 Å². The van der Waals surface area contributed by atoms with Crippen LogP contribution >= 0.6 is 47.6 Å². The van der Waals surface area contributed by atoms with Gasteiger partial charge in [0.15, 0.2) is 0 Å². The van der Waals surface area contributed by atoms with Crippen LogP contribution in [0.4, 0.5) is 37.7 Å². The van der Waals surface area contributed by atoms with Gasteiger partial charge in [-0.1, -0.05) is 400 Å². The van der Waals surface area contributed by atoms with Crippen molar-refractivity contribution in [3.63, 3.8) is 0 Å². The fourth-order valence-electron chi connectivity index (χ4n) is 12.4. The quantitative estimate of drug-likeness (QED) is 0.0144. The molecular formula is C106H92BBrF6N4O6P4Pd. The Morgan fingerprint density at radius 1 is 0.326 bits per heavy atom. The monoisotopic (exact) mass is 1950 g/mol. The van der Waals surface area contributed by atoms with E-state index in [1.54, 1.807) is 38.1 Å². The second kappa shape index (κ2) is 53.6. The number of nitrogens with two attached hydrogens (primary N) is 2. The van der Waals surface area contributed by atoms with Crippen molar-refractivity contribution in [3.8, 4) is 11.3 Å². The molecule has 0 atom stereocenters. The Labute approximate surface area is 777 Å². The summed E-state index contributed by atoms with van der Waals surface area (Å²) < 4.78 is 83.9. The molecule has 14 aromatic carbocycles. The number of alkyl halides is 6. The molecule has 10 nitrogen and oxygen atoms in total. The first kappa shape index (κ1) is 101. The number of rotatable bonds is 20. The third-order valence-corrected chi connectivity index (χ3v) is 28.6. The van der Waals surface area contributed by atoms with E-state index >= 15 is 0 Å². The maximum atomic E-state index is 12.6. The molecule has 16 aromatic rings. The van der Waals surface area contributed by atoms with Crippen LogP contribution in [0, 0.1) is 0 Å². The zero-order valence-corrected chi connectivity index (χ0v) is 76.9. The molecular weight excluding hydrogens is 1860 g/mol. The van der Waals surface area contributed by atoms with Crippen LogP contribution in [0.25, 0.3) is 23.4 Å². The second-order valence-corrected chi connectivity index (χ2v) is 37.1. The van der Waals surface area contributed by atoms with Gasteiger partial charge >= 0.3 is 31.4 Å². The summed E-state index contributed by atoms with van der Waals surface area (Å²) in [4.78, 5) is 30.7. The van der Waals surface area contributed by atoms with Crippen molar-refractivity contribution in [2.75, 3.05) is 24.7 Å². The molecule has 16 rings (SSSR count). The Morgan fingerprint density at radius 2 is 0.535 bits per heavy atom. The minimum absolute atomic E-state index is 0. The molecule has 0 saturated carbocycles. The van der Waals surface area contributed by atoms with Gasteiger partial charge in [-0.05, 0) is 179 Å². The number of carbonyl (C=O) groups is 2. The minimum Gasteiger partial charge on any atom is -0.463 e. The van der Waals surface area contributed by atoms with Crippen LogP contribution in [0.15, 0.2) is 454 Å². The first-order valence-corrected chi connectivity index (χ1v) is 46.7. The number of esters is 2. The van der Waals surface area contributed by atoms with E-state index in [1.807, 2.05) is 0 Å². The molecule has 0 aliphatic rings. The Hall–Kier alpha value is -12.2. The minimum atomic E-state index is -4.39. The van der Waals surface area contributed by atoms with E-state index < -0.39 is 74.2 Å². The van der Waals surface area contributed by atoms with Crippen LogP contribution in [0.5, 0.6) is 0 Å². The second-order valence-electron chi connectivity index (χ2n) is 27.4. The normalized spacial score (nSPS) is 10.8. The first-order chi connectivity index (χ1) is 62.1. The maximum absolute atomic E-state index is 12.6. The van der Waals surface area contributed by atoms with Crippen molar-refractivity contribution in [1.29, 1.82) is 0 Å². The van der Waals surface area contributed by atoms with Crippen molar-refractivity contribution in [2.45, 2.75) is 26.2 Å². The van der Waals surface area contributed by atoms with E-state index in [2.05, 4.69) is 390 Å². The summed E-state index contributed by atoms with van der Waals surface area (Å²) in [6, 6.07) is 144. The smallest absolute Gasteiger partial charge is 0.463 e. The van der Waals surface area contributed by atoms with E-state index in [4.69, 9.17) is 31.0 Å². The number of benzene rings is 14. The van der Waals surface area contributed by atoms with E-state index in [-0.39, 0.29) is 32.5 Å². The van der Waals surface area contributed by atoms with Crippen molar-refractivity contribution < 1.29 is 75.9 Å². The van der Waals surface area contributed by atoms with Crippen molar-refractivity contribution in [2.24, 2.45) is 0 Å². The summed E-state index contributed by atoms with van der Waals surface area (Å²) in [7, 11) is -3.52. The molecule has 0 radical (unpaired) electrons. The van der Waals surface area contributed by atoms with Crippen LogP contribution in [0.3, 0.4) is 0 Å². The van der Waals surface area contributed by atoms with Crippen molar-refractivity contribution in [1.82, 2.24) is 9.97 Å². The summed E-state index contributed by atoms with van der Waals surface area (Å²) in [5, 5.41) is 34.0. The first-order valence-electron chi connectivity index (χ1n) is 40.6. The summed E-state index contributed by atoms with van der Waals surface area (Å²) in [5.41, 5.74) is 12.6. The molecule has 0 fully saturated rings. The van der Waals surface area contributed by atoms with Gasteiger partial charge in [-0.15, -0.1) is 0 Å². The number of nitrogens with zero attached hydrogens (tertiary/aromatic N) is 2. The van der Waals surface area contributed by atoms with Gasteiger partial charge in [0.2, 0.25) is 0 Å². The fourth-order valence-corrected chi connectivity index (χ4v) is 22.0. The number of anilines is 2. The summed E-state index contributed by atoms with van der Waals surface area (Å²) in [6.45, 7) is 4.03. The predicted molar refractivity (Wildman–Crippen MR) is 529 cm³/mol. The predicted octanol–water partition coefficient (Wildman–Crippen LogP) is 20.1. The van der Waals surface area contributed by atoms with Gasteiger partial charge in [-0.3, -0.25) is 0 Å². The SMILES string of the molecule is CCOC(=O)/C=C/c1nc(-c2ccc(C(F)(F)F)cc2)ccc1N.CCOC(=O)/C=C/c1nc(Br)ccc1N.OB(O)c1ccc(C(F)(F)F)cc1.[Pd].c1ccc(P(c2ccccc2)c2ccccc2)cc1.c1ccc(P(c2ccccc2)c2ccccc2)cc1.c1ccc(P(c2ccccc2)c2ccccc2)cc1.c1ccc(P(c2ccccc2)c2ccccc2)cc1. The van der Waals surface area contributed by atoms with Crippen LogP contribution in [-0.4, -0.2) is 52.3 Å². The number of aromatic nitrogens is 2. The Balaban J connectivity index is 0.000000171. The van der Waals surface area contributed by atoms with Crippen LogP contribution in [0.1, 0.15) is 36.4 Å². The standard InChI is InChI=1S/4C18H15P.C17H15F3N2O2.C10H11BrN2O2.C7H6BF3O2.Pd/c4*1-4-10-16(11-5-1)19(17-12-6-2-7-13-17)18-14-8-3-9-15-18;1-2-24-16(23)10-9-15-13(21)7-8-14(22-15)11-3-5-12(6-4-11)17(18,19)20;1-2-15-10(14)6-4-8-7(12)3-5-9(11)13-8;9-7(10,11)5-1-3-6(4-2-5)8(12)13;/h4*1-15H;3-10H,2,21H2,1H3;3-6H,2,12H2,1H3;1-4,12-13H;/b;;;;10-9+;6-4+;;. The molecule has 2 heterocycles.